The van der Waals surface area contributed by atoms with E-state index in [0.717, 1.165) is 21.6 Å². The molecular formula is C14H18BrN3. The minimum atomic E-state index is 0.286. The van der Waals surface area contributed by atoms with Gasteiger partial charge in [0.2, 0.25) is 0 Å². The number of nitrogens with two attached hydrogens (primary N) is 1. The van der Waals surface area contributed by atoms with Gasteiger partial charge in [-0.2, -0.15) is 0 Å². The fraction of sp³-hybridized carbons (Fsp3) is 0.357. The van der Waals surface area contributed by atoms with Crippen molar-refractivity contribution in [2.75, 3.05) is 6.54 Å². The Morgan fingerprint density at radius 3 is 2.50 bits per heavy atom. The number of imidazole rings is 1. The van der Waals surface area contributed by atoms with Crippen LogP contribution in [-0.4, -0.2) is 16.5 Å². The normalized spacial score (nSPS) is 12.9. The molecule has 1 unspecified atom stereocenters. The molecule has 0 aliphatic carbocycles. The zero-order valence-electron chi connectivity index (χ0n) is 10.7. The van der Waals surface area contributed by atoms with E-state index in [1.54, 1.807) is 0 Å². The number of hydrogen-bond acceptors (Lipinski definition) is 2. The van der Waals surface area contributed by atoms with Crippen molar-refractivity contribution in [2.24, 2.45) is 11.7 Å². The Hall–Kier alpha value is -1.13. The van der Waals surface area contributed by atoms with E-state index in [-0.39, 0.29) is 5.92 Å². The fourth-order valence-corrected chi connectivity index (χ4v) is 2.27. The number of aromatic nitrogens is 2. The lowest BCUT2D eigenvalue weighted by Gasteiger charge is -2.15. The third-order valence-corrected chi connectivity index (χ3v) is 3.69. The van der Waals surface area contributed by atoms with E-state index < -0.39 is 0 Å². The van der Waals surface area contributed by atoms with Crippen LogP contribution in [0, 0.1) is 5.92 Å². The Balaban J connectivity index is 2.27. The van der Waals surface area contributed by atoms with Gasteiger partial charge in [0.15, 0.2) is 0 Å². The molecule has 0 fully saturated rings. The highest BCUT2D eigenvalue weighted by molar-refractivity contribution is 9.10. The number of aromatic amines is 1. The van der Waals surface area contributed by atoms with Crippen LogP contribution in [0.4, 0.5) is 0 Å². The summed E-state index contributed by atoms with van der Waals surface area (Å²) < 4.78 is 1.08. The average Bonchev–Trinajstić information content (AvgIpc) is 2.80. The lowest BCUT2D eigenvalue weighted by molar-refractivity contribution is 0.487. The summed E-state index contributed by atoms with van der Waals surface area (Å²) in [4.78, 5) is 7.83. The lowest BCUT2D eigenvalue weighted by atomic mass is 9.95. The molecule has 1 atom stereocenters. The van der Waals surface area contributed by atoms with Gasteiger partial charge in [0.05, 0.1) is 11.9 Å². The SMILES string of the molecule is CC(C)C(CN)c1ncc(-c2ccc(Br)cc2)[nH]1. The maximum absolute atomic E-state index is 5.81. The Morgan fingerprint density at radius 1 is 1.28 bits per heavy atom. The van der Waals surface area contributed by atoms with Crippen LogP contribution in [0.5, 0.6) is 0 Å². The van der Waals surface area contributed by atoms with Crippen molar-refractivity contribution in [3.05, 3.63) is 40.8 Å². The van der Waals surface area contributed by atoms with Crippen LogP contribution in [0.15, 0.2) is 34.9 Å². The summed E-state index contributed by atoms with van der Waals surface area (Å²) in [5.41, 5.74) is 7.98. The zero-order chi connectivity index (χ0) is 13.1. The molecule has 0 aliphatic rings. The number of nitrogens with one attached hydrogen (secondary N) is 1. The highest BCUT2D eigenvalue weighted by Gasteiger charge is 2.17. The third-order valence-electron chi connectivity index (χ3n) is 3.16. The molecule has 2 aromatic rings. The predicted molar refractivity (Wildman–Crippen MR) is 78.4 cm³/mol. The molecular weight excluding hydrogens is 290 g/mol. The summed E-state index contributed by atoms with van der Waals surface area (Å²) in [5, 5.41) is 0. The molecule has 3 N–H and O–H groups in total. The Kier molecular flexibility index (Phi) is 4.19. The van der Waals surface area contributed by atoms with Gasteiger partial charge in [-0.25, -0.2) is 4.98 Å². The number of halogens is 1. The van der Waals surface area contributed by atoms with E-state index in [2.05, 4.69) is 51.9 Å². The number of hydrogen-bond donors (Lipinski definition) is 2. The average molecular weight is 308 g/mol. The van der Waals surface area contributed by atoms with Crippen molar-refractivity contribution in [3.63, 3.8) is 0 Å². The minimum absolute atomic E-state index is 0.286. The second kappa shape index (κ2) is 5.67. The van der Waals surface area contributed by atoms with Gasteiger partial charge in [-0.05, 0) is 23.6 Å². The lowest BCUT2D eigenvalue weighted by Crippen LogP contribution is -2.19. The Bertz CT molecular complexity index is 502. The summed E-state index contributed by atoms with van der Waals surface area (Å²) in [5.74, 6) is 1.75. The van der Waals surface area contributed by atoms with Gasteiger partial charge in [-0.1, -0.05) is 41.9 Å². The maximum atomic E-state index is 5.81. The summed E-state index contributed by atoms with van der Waals surface area (Å²) in [6, 6.07) is 8.18. The van der Waals surface area contributed by atoms with E-state index in [1.165, 1.54) is 0 Å². The molecule has 0 saturated heterocycles. The molecule has 18 heavy (non-hydrogen) atoms. The van der Waals surface area contributed by atoms with Crippen molar-refractivity contribution < 1.29 is 0 Å². The van der Waals surface area contributed by atoms with Crippen molar-refractivity contribution in [2.45, 2.75) is 19.8 Å². The zero-order valence-corrected chi connectivity index (χ0v) is 12.2. The number of nitrogens with zero attached hydrogens (tertiary/aromatic N) is 1. The molecule has 1 aromatic carbocycles. The molecule has 1 heterocycles. The van der Waals surface area contributed by atoms with Gasteiger partial charge in [0.1, 0.15) is 5.82 Å². The van der Waals surface area contributed by atoms with E-state index in [1.807, 2.05) is 18.3 Å². The Morgan fingerprint density at radius 2 is 1.94 bits per heavy atom. The van der Waals surface area contributed by atoms with Crippen LogP contribution in [0.3, 0.4) is 0 Å². The van der Waals surface area contributed by atoms with Crippen LogP contribution in [0.1, 0.15) is 25.6 Å². The molecule has 96 valence electrons. The highest BCUT2D eigenvalue weighted by atomic mass is 79.9. The maximum Gasteiger partial charge on any atom is 0.111 e. The minimum Gasteiger partial charge on any atom is -0.342 e. The first-order chi connectivity index (χ1) is 8.61. The second-order valence-electron chi connectivity index (χ2n) is 4.78. The summed E-state index contributed by atoms with van der Waals surface area (Å²) in [6.07, 6.45) is 1.88. The van der Waals surface area contributed by atoms with Crippen molar-refractivity contribution >= 4 is 15.9 Å². The first kappa shape index (κ1) is 13.3. The van der Waals surface area contributed by atoms with Crippen LogP contribution < -0.4 is 5.73 Å². The number of rotatable bonds is 4. The van der Waals surface area contributed by atoms with Gasteiger partial charge in [-0.3, -0.25) is 0 Å². The van der Waals surface area contributed by atoms with E-state index in [0.29, 0.717) is 12.5 Å². The molecule has 4 heteroatoms. The molecule has 3 nitrogen and oxygen atoms in total. The van der Waals surface area contributed by atoms with Crippen LogP contribution >= 0.6 is 15.9 Å². The van der Waals surface area contributed by atoms with Gasteiger partial charge in [0.25, 0.3) is 0 Å². The van der Waals surface area contributed by atoms with Crippen molar-refractivity contribution in [3.8, 4) is 11.3 Å². The standard InChI is InChI=1S/C14H18BrN3/c1-9(2)12(7-16)14-17-8-13(18-14)10-3-5-11(15)6-4-10/h3-6,8-9,12H,7,16H2,1-2H3,(H,17,18). The molecule has 0 amide bonds. The first-order valence-electron chi connectivity index (χ1n) is 6.12. The van der Waals surface area contributed by atoms with E-state index in [4.69, 9.17) is 5.73 Å². The molecule has 0 radical (unpaired) electrons. The van der Waals surface area contributed by atoms with Crippen LogP contribution in [0.25, 0.3) is 11.3 Å². The second-order valence-corrected chi connectivity index (χ2v) is 5.69. The highest BCUT2D eigenvalue weighted by Crippen LogP contribution is 2.25. The quantitative estimate of drug-likeness (QED) is 0.907. The summed E-state index contributed by atoms with van der Waals surface area (Å²) >= 11 is 3.43. The topological polar surface area (TPSA) is 54.7 Å². The van der Waals surface area contributed by atoms with Gasteiger partial charge in [0, 0.05) is 16.9 Å². The Labute approximate surface area is 116 Å². The molecule has 0 saturated carbocycles. The largest absolute Gasteiger partial charge is 0.342 e. The van der Waals surface area contributed by atoms with Gasteiger partial charge in [-0.15, -0.1) is 0 Å². The molecule has 2 rings (SSSR count). The molecule has 1 aromatic heterocycles. The number of H-pyrrole nitrogens is 1. The molecule has 0 bridgehead atoms. The van der Waals surface area contributed by atoms with Crippen LogP contribution in [-0.2, 0) is 0 Å². The monoisotopic (exact) mass is 307 g/mol. The van der Waals surface area contributed by atoms with Crippen LogP contribution in [0.2, 0.25) is 0 Å². The fourth-order valence-electron chi connectivity index (χ4n) is 2.00. The van der Waals surface area contributed by atoms with E-state index >= 15 is 0 Å². The van der Waals surface area contributed by atoms with Gasteiger partial charge < -0.3 is 10.7 Å². The van der Waals surface area contributed by atoms with Crippen molar-refractivity contribution in [1.82, 2.24) is 9.97 Å². The number of benzene rings is 1. The van der Waals surface area contributed by atoms with E-state index in [9.17, 15) is 0 Å². The smallest absolute Gasteiger partial charge is 0.111 e. The molecule has 0 spiro atoms. The summed E-state index contributed by atoms with van der Waals surface area (Å²) in [7, 11) is 0. The van der Waals surface area contributed by atoms with Crippen molar-refractivity contribution in [1.29, 1.82) is 0 Å². The third kappa shape index (κ3) is 2.82. The first-order valence-corrected chi connectivity index (χ1v) is 6.92. The van der Waals surface area contributed by atoms with Gasteiger partial charge >= 0.3 is 0 Å². The molecule has 0 aliphatic heterocycles. The predicted octanol–water partition coefficient (Wildman–Crippen LogP) is 3.54. The summed E-state index contributed by atoms with van der Waals surface area (Å²) in [6.45, 7) is 4.95.